The molecule has 0 bridgehead atoms. The number of halogens is 1. The third-order valence-corrected chi connectivity index (χ3v) is 2.48. The predicted molar refractivity (Wildman–Crippen MR) is 62.9 cm³/mol. The Morgan fingerprint density at radius 3 is 2.94 bits per heavy atom. The molecule has 0 unspecified atom stereocenters. The molecule has 1 N–H and O–H groups in total. The molecule has 1 aromatic carbocycles. The lowest BCUT2D eigenvalue weighted by atomic mass is 10.2. The maximum atomic E-state index is 10.8. The smallest absolute Gasteiger partial charge is 0.273 e. The van der Waals surface area contributed by atoms with E-state index in [0.29, 0.717) is 29.5 Å². The number of hydrogen-bond acceptors (Lipinski definition) is 6. The van der Waals surface area contributed by atoms with E-state index in [0.717, 1.165) is 0 Å². The van der Waals surface area contributed by atoms with Gasteiger partial charge in [-0.2, -0.15) is 4.98 Å². The molecule has 0 saturated heterocycles. The Labute approximate surface area is 107 Å². The lowest BCUT2D eigenvalue weighted by Gasteiger charge is -2.04. The molecule has 0 atom stereocenters. The number of nitrogens with one attached hydrogen (secondary N) is 1. The highest BCUT2D eigenvalue weighted by atomic mass is 35.5. The molecule has 94 valence electrons. The summed E-state index contributed by atoms with van der Waals surface area (Å²) in [4.78, 5) is 14.2. The molecule has 0 saturated carbocycles. The summed E-state index contributed by atoms with van der Waals surface area (Å²) >= 11 is 5.81. The van der Waals surface area contributed by atoms with E-state index in [2.05, 4.69) is 20.0 Å². The van der Waals surface area contributed by atoms with Gasteiger partial charge in [0, 0.05) is 23.2 Å². The van der Waals surface area contributed by atoms with Gasteiger partial charge in [-0.25, -0.2) is 0 Å². The molecular weight excluding hydrogens is 260 g/mol. The molecule has 0 amide bonds. The fourth-order valence-corrected chi connectivity index (χ4v) is 1.65. The molecule has 0 radical (unpaired) electrons. The van der Waals surface area contributed by atoms with Crippen molar-refractivity contribution in [3.63, 3.8) is 0 Å². The van der Waals surface area contributed by atoms with Crippen molar-refractivity contribution in [3.05, 3.63) is 51.1 Å². The molecule has 0 aliphatic rings. The molecule has 2 rings (SSSR count). The fourth-order valence-electron chi connectivity index (χ4n) is 1.45. The van der Waals surface area contributed by atoms with E-state index < -0.39 is 4.92 Å². The summed E-state index contributed by atoms with van der Waals surface area (Å²) in [7, 11) is 0. The highest BCUT2D eigenvalue weighted by Gasteiger charge is 2.13. The van der Waals surface area contributed by atoms with Crippen LogP contribution in [0.4, 0.5) is 5.69 Å². The van der Waals surface area contributed by atoms with Crippen molar-refractivity contribution < 1.29 is 9.45 Å². The lowest BCUT2D eigenvalue weighted by molar-refractivity contribution is -0.385. The summed E-state index contributed by atoms with van der Waals surface area (Å²) in [5, 5.41) is 17.9. The normalized spacial score (nSPS) is 10.5. The van der Waals surface area contributed by atoms with Gasteiger partial charge in [0.1, 0.15) is 0 Å². The fraction of sp³-hybridized carbons (Fsp3) is 0.200. The molecule has 0 aliphatic heterocycles. The second kappa shape index (κ2) is 5.56. The summed E-state index contributed by atoms with van der Waals surface area (Å²) < 4.78 is 4.57. The first-order chi connectivity index (χ1) is 8.66. The van der Waals surface area contributed by atoms with E-state index >= 15 is 0 Å². The van der Waals surface area contributed by atoms with Crippen LogP contribution in [0.1, 0.15) is 11.4 Å². The third-order valence-electron chi connectivity index (χ3n) is 2.24. The number of nitrogens with zero attached hydrogens (tertiary/aromatic N) is 3. The molecule has 18 heavy (non-hydrogen) atoms. The minimum atomic E-state index is -0.443. The minimum Gasteiger partial charge on any atom is -0.343 e. The summed E-state index contributed by atoms with van der Waals surface area (Å²) in [5.74, 6) is 0.486. The number of nitro groups is 1. The van der Waals surface area contributed by atoms with Gasteiger partial charge in [-0.15, -0.1) is 0 Å². The Morgan fingerprint density at radius 2 is 2.28 bits per heavy atom. The minimum absolute atomic E-state index is 0.0278. The Morgan fingerprint density at radius 1 is 1.44 bits per heavy atom. The molecule has 0 fully saturated rings. The summed E-state index contributed by atoms with van der Waals surface area (Å²) in [5.41, 5.74) is 0.538. The average Bonchev–Trinajstić information content (AvgIpc) is 2.82. The van der Waals surface area contributed by atoms with Gasteiger partial charge in [0.15, 0.2) is 5.82 Å². The van der Waals surface area contributed by atoms with E-state index in [1.807, 2.05) is 0 Å². The van der Waals surface area contributed by atoms with Gasteiger partial charge in [-0.1, -0.05) is 16.8 Å². The van der Waals surface area contributed by atoms with Crippen molar-refractivity contribution in [2.45, 2.75) is 13.1 Å². The first kappa shape index (κ1) is 12.5. The molecular formula is C10H9ClN4O3. The molecule has 1 aromatic heterocycles. The van der Waals surface area contributed by atoms with Crippen LogP contribution in [0.2, 0.25) is 5.02 Å². The highest BCUT2D eigenvalue weighted by molar-refractivity contribution is 6.30. The zero-order valence-electron chi connectivity index (χ0n) is 9.17. The number of hydrogen-bond donors (Lipinski definition) is 1. The van der Waals surface area contributed by atoms with Crippen LogP contribution in [-0.4, -0.2) is 15.1 Å². The van der Waals surface area contributed by atoms with Crippen molar-refractivity contribution in [2.24, 2.45) is 0 Å². The first-order valence-corrected chi connectivity index (χ1v) is 5.43. The maximum Gasteiger partial charge on any atom is 0.273 e. The number of benzene rings is 1. The molecule has 0 spiro atoms. The number of aromatic nitrogens is 2. The molecule has 1 heterocycles. The Hall–Kier alpha value is -1.99. The lowest BCUT2D eigenvalue weighted by Crippen LogP contribution is -2.14. The van der Waals surface area contributed by atoms with Crippen molar-refractivity contribution in [1.82, 2.24) is 15.5 Å². The van der Waals surface area contributed by atoms with Gasteiger partial charge < -0.3 is 9.84 Å². The van der Waals surface area contributed by atoms with Gasteiger partial charge in [-0.3, -0.25) is 10.1 Å². The van der Waals surface area contributed by atoms with Crippen LogP contribution < -0.4 is 5.32 Å². The van der Waals surface area contributed by atoms with Crippen molar-refractivity contribution in [2.75, 3.05) is 0 Å². The highest BCUT2D eigenvalue weighted by Crippen LogP contribution is 2.22. The van der Waals surface area contributed by atoms with Gasteiger partial charge >= 0.3 is 0 Å². The zero-order chi connectivity index (χ0) is 13.0. The Kier molecular flexibility index (Phi) is 3.85. The monoisotopic (exact) mass is 268 g/mol. The summed E-state index contributed by atoms with van der Waals surface area (Å²) in [6, 6.07) is 4.43. The Balaban J connectivity index is 2.03. The summed E-state index contributed by atoms with van der Waals surface area (Å²) in [6.45, 7) is 0.658. The molecule has 8 heteroatoms. The average molecular weight is 269 g/mol. The zero-order valence-corrected chi connectivity index (χ0v) is 9.92. The topological polar surface area (TPSA) is 94.1 Å². The van der Waals surface area contributed by atoms with E-state index in [4.69, 9.17) is 11.6 Å². The van der Waals surface area contributed by atoms with E-state index in [-0.39, 0.29) is 5.69 Å². The van der Waals surface area contributed by atoms with Crippen LogP contribution in [0.15, 0.2) is 29.1 Å². The summed E-state index contributed by atoms with van der Waals surface area (Å²) in [6.07, 6.45) is 1.22. The third kappa shape index (κ3) is 3.02. The van der Waals surface area contributed by atoms with Crippen molar-refractivity contribution in [1.29, 1.82) is 0 Å². The van der Waals surface area contributed by atoms with Crippen LogP contribution >= 0.6 is 11.6 Å². The largest absolute Gasteiger partial charge is 0.343 e. The van der Waals surface area contributed by atoms with E-state index in [1.54, 1.807) is 6.07 Å². The van der Waals surface area contributed by atoms with E-state index in [9.17, 15) is 10.1 Å². The van der Waals surface area contributed by atoms with Crippen LogP contribution in [0.25, 0.3) is 0 Å². The number of rotatable bonds is 5. The predicted octanol–water partition coefficient (Wildman–Crippen LogP) is 1.92. The molecule has 2 aromatic rings. The van der Waals surface area contributed by atoms with Crippen LogP contribution in [-0.2, 0) is 13.1 Å². The quantitative estimate of drug-likeness (QED) is 0.658. The Bertz CT molecular complexity index is 544. The SMILES string of the molecule is O=[N+]([O-])c1ccc(Cl)cc1CNCc1ncon1. The molecule has 0 aliphatic carbocycles. The van der Waals surface area contributed by atoms with Crippen molar-refractivity contribution in [3.8, 4) is 0 Å². The second-order valence-electron chi connectivity index (χ2n) is 3.48. The first-order valence-electron chi connectivity index (χ1n) is 5.05. The van der Waals surface area contributed by atoms with Gasteiger partial charge in [0.2, 0.25) is 6.39 Å². The van der Waals surface area contributed by atoms with Crippen LogP contribution in [0.5, 0.6) is 0 Å². The van der Waals surface area contributed by atoms with Crippen molar-refractivity contribution >= 4 is 17.3 Å². The molecule has 7 nitrogen and oxygen atoms in total. The maximum absolute atomic E-state index is 10.8. The van der Waals surface area contributed by atoms with Gasteiger partial charge in [-0.05, 0) is 12.1 Å². The standard InChI is InChI=1S/C10H9ClN4O3/c11-8-1-2-9(15(16)17)7(3-8)4-12-5-10-13-6-18-14-10/h1-3,6,12H,4-5H2. The number of nitro benzene ring substituents is 1. The van der Waals surface area contributed by atoms with E-state index in [1.165, 1.54) is 18.5 Å². The van der Waals surface area contributed by atoms with Crippen LogP contribution in [0.3, 0.4) is 0 Å². The second-order valence-corrected chi connectivity index (χ2v) is 3.92. The van der Waals surface area contributed by atoms with Crippen LogP contribution in [0, 0.1) is 10.1 Å². The van der Waals surface area contributed by atoms with Gasteiger partial charge in [0.25, 0.3) is 5.69 Å². The van der Waals surface area contributed by atoms with Gasteiger partial charge in [0.05, 0.1) is 11.5 Å².